The van der Waals surface area contributed by atoms with E-state index in [-0.39, 0.29) is 11.4 Å². The summed E-state index contributed by atoms with van der Waals surface area (Å²) in [7, 11) is 0. The van der Waals surface area contributed by atoms with Crippen LogP contribution in [-0.4, -0.2) is 9.85 Å². The fraction of sp³-hybridized carbons (Fsp3) is 0. The molecule has 40 heavy (non-hydrogen) atoms. The van der Waals surface area contributed by atoms with Gasteiger partial charge in [-0.2, -0.15) is 0 Å². The second-order valence-electron chi connectivity index (χ2n) is 8.78. The third kappa shape index (κ3) is 6.32. The summed E-state index contributed by atoms with van der Waals surface area (Å²) >= 11 is 0. The van der Waals surface area contributed by atoms with Crippen LogP contribution in [0.15, 0.2) is 121 Å². The molecule has 0 aliphatic heterocycles. The van der Waals surface area contributed by atoms with Crippen LogP contribution in [0.3, 0.4) is 0 Å². The molecule has 4 N–H and O–H groups in total. The van der Waals surface area contributed by atoms with Crippen molar-refractivity contribution < 1.29 is 9.85 Å². The summed E-state index contributed by atoms with van der Waals surface area (Å²) in [4.78, 5) is 21.6. The van der Waals surface area contributed by atoms with Gasteiger partial charge in [0.05, 0.1) is 9.85 Å². The highest BCUT2D eigenvalue weighted by atomic mass is 16.6. The van der Waals surface area contributed by atoms with Crippen molar-refractivity contribution in [3.05, 3.63) is 142 Å². The zero-order valence-corrected chi connectivity index (χ0v) is 21.1. The molecule has 0 fully saturated rings. The maximum absolute atomic E-state index is 11.2. The van der Waals surface area contributed by atoms with E-state index in [0.29, 0.717) is 11.4 Å². The van der Waals surface area contributed by atoms with Crippen LogP contribution in [0, 0.1) is 20.2 Å². The van der Waals surface area contributed by atoms with E-state index in [4.69, 9.17) is 0 Å². The van der Waals surface area contributed by atoms with E-state index in [2.05, 4.69) is 21.3 Å². The number of hydrogen-bond donors (Lipinski definition) is 4. The standard InChI is InChI=1S/C30H24N6O4/c37-35(38)29-7-3-1-5-27(29)33-25-17-13-23(14-18-25)31-21-9-11-22(12-10-21)32-24-15-19-26(20-16-24)34-28-6-2-4-8-30(28)36(39)40/h1-20,31-34H. The Morgan fingerprint density at radius 2 is 0.625 bits per heavy atom. The number of para-hydroxylation sites is 4. The topological polar surface area (TPSA) is 134 Å². The smallest absolute Gasteiger partial charge is 0.292 e. The number of benzene rings is 5. The van der Waals surface area contributed by atoms with Gasteiger partial charge in [0, 0.05) is 46.3 Å². The molecule has 0 bridgehead atoms. The van der Waals surface area contributed by atoms with Gasteiger partial charge < -0.3 is 21.3 Å². The first-order valence-corrected chi connectivity index (χ1v) is 12.3. The van der Waals surface area contributed by atoms with Gasteiger partial charge in [-0.3, -0.25) is 20.2 Å². The molecule has 0 saturated carbocycles. The summed E-state index contributed by atoms with van der Waals surface area (Å²) in [5, 5.41) is 35.3. The third-order valence-corrected chi connectivity index (χ3v) is 5.99. The molecule has 5 rings (SSSR count). The fourth-order valence-electron chi connectivity index (χ4n) is 4.03. The van der Waals surface area contributed by atoms with Crippen LogP contribution in [0.4, 0.5) is 56.9 Å². The summed E-state index contributed by atoms with van der Waals surface area (Å²) < 4.78 is 0. The Bertz CT molecular complexity index is 1520. The quantitative estimate of drug-likeness (QED) is 0.104. The van der Waals surface area contributed by atoms with Gasteiger partial charge in [-0.25, -0.2) is 0 Å². The van der Waals surface area contributed by atoms with Gasteiger partial charge >= 0.3 is 0 Å². The summed E-state index contributed by atoms with van der Waals surface area (Å²) in [6.07, 6.45) is 0. The molecule has 198 valence electrons. The zero-order chi connectivity index (χ0) is 27.9. The van der Waals surface area contributed by atoms with E-state index in [9.17, 15) is 20.2 Å². The average molecular weight is 533 g/mol. The van der Waals surface area contributed by atoms with E-state index < -0.39 is 9.85 Å². The Hall–Kier alpha value is -5.90. The number of nitro groups is 2. The second-order valence-corrected chi connectivity index (χ2v) is 8.78. The minimum absolute atomic E-state index is 0.0180. The summed E-state index contributed by atoms with van der Waals surface area (Å²) in [6, 6.07) is 35.8. The van der Waals surface area contributed by atoms with Gasteiger partial charge in [0.2, 0.25) is 0 Å². The minimum Gasteiger partial charge on any atom is -0.356 e. The Morgan fingerprint density at radius 3 is 0.900 bits per heavy atom. The van der Waals surface area contributed by atoms with E-state index in [1.165, 1.54) is 12.1 Å². The minimum atomic E-state index is -0.412. The predicted molar refractivity (Wildman–Crippen MR) is 159 cm³/mol. The molecule has 0 aliphatic carbocycles. The number of nitro benzene ring substituents is 2. The number of anilines is 8. The highest BCUT2D eigenvalue weighted by Crippen LogP contribution is 2.30. The molecule has 5 aromatic carbocycles. The monoisotopic (exact) mass is 532 g/mol. The predicted octanol–water partition coefficient (Wildman–Crippen LogP) is 8.48. The average Bonchev–Trinajstić information content (AvgIpc) is 2.96. The number of rotatable bonds is 10. The van der Waals surface area contributed by atoms with Crippen LogP contribution in [0.25, 0.3) is 0 Å². The van der Waals surface area contributed by atoms with Crippen LogP contribution < -0.4 is 21.3 Å². The van der Waals surface area contributed by atoms with Gasteiger partial charge in [0.15, 0.2) is 0 Å². The molecule has 0 saturated heterocycles. The van der Waals surface area contributed by atoms with Gasteiger partial charge in [-0.1, -0.05) is 24.3 Å². The maximum Gasteiger partial charge on any atom is 0.292 e. The van der Waals surface area contributed by atoms with Crippen molar-refractivity contribution in [2.45, 2.75) is 0 Å². The Morgan fingerprint density at radius 1 is 0.375 bits per heavy atom. The molecule has 0 aliphatic rings. The highest BCUT2D eigenvalue weighted by Gasteiger charge is 2.13. The van der Waals surface area contributed by atoms with Crippen LogP contribution in [0.1, 0.15) is 0 Å². The van der Waals surface area contributed by atoms with Crippen molar-refractivity contribution in [3.63, 3.8) is 0 Å². The summed E-state index contributed by atoms with van der Waals surface area (Å²) in [5.74, 6) is 0. The number of nitrogens with zero attached hydrogens (tertiary/aromatic N) is 2. The molecule has 0 unspecified atom stereocenters. The van der Waals surface area contributed by atoms with Crippen molar-refractivity contribution >= 4 is 56.9 Å². The summed E-state index contributed by atoms with van der Waals surface area (Å²) in [5.41, 5.74) is 5.91. The van der Waals surface area contributed by atoms with E-state index >= 15 is 0 Å². The number of hydrogen-bond acceptors (Lipinski definition) is 8. The molecular formula is C30H24N6O4. The van der Waals surface area contributed by atoms with Crippen molar-refractivity contribution in [2.24, 2.45) is 0 Å². The van der Waals surface area contributed by atoms with Gasteiger partial charge in [0.25, 0.3) is 11.4 Å². The molecule has 0 amide bonds. The molecule has 0 spiro atoms. The molecule has 0 heterocycles. The lowest BCUT2D eigenvalue weighted by Crippen LogP contribution is -1.97. The van der Waals surface area contributed by atoms with E-state index in [1.807, 2.05) is 72.8 Å². The van der Waals surface area contributed by atoms with Crippen LogP contribution in [0.2, 0.25) is 0 Å². The van der Waals surface area contributed by atoms with Crippen molar-refractivity contribution in [1.82, 2.24) is 0 Å². The largest absolute Gasteiger partial charge is 0.356 e. The third-order valence-electron chi connectivity index (χ3n) is 5.99. The van der Waals surface area contributed by atoms with E-state index in [0.717, 1.165) is 34.1 Å². The van der Waals surface area contributed by atoms with Crippen molar-refractivity contribution in [3.8, 4) is 0 Å². The summed E-state index contributed by atoms with van der Waals surface area (Å²) in [6.45, 7) is 0. The maximum atomic E-state index is 11.2. The highest BCUT2D eigenvalue weighted by molar-refractivity contribution is 5.73. The van der Waals surface area contributed by atoms with Crippen molar-refractivity contribution in [1.29, 1.82) is 0 Å². The lowest BCUT2D eigenvalue weighted by atomic mass is 10.2. The molecule has 0 aromatic heterocycles. The second kappa shape index (κ2) is 11.7. The van der Waals surface area contributed by atoms with Crippen LogP contribution >= 0.6 is 0 Å². The van der Waals surface area contributed by atoms with Crippen LogP contribution in [-0.2, 0) is 0 Å². The van der Waals surface area contributed by atoms with Gasteiger partial charge in [0.1, 0.15) is 11.4 Å². The number of nitrogens with one attached hydrogen (secondary N) is 4. The lowest BCUT2D eigenvalue weighted by Gasteiger charge is -2.12. The molecule has 0 atom stereocenters. The molecule has 0 radical (unpaired) electrons. The lowest BCUT2D eigenvalue weighted by molar-refractivity contribution is -0.384. The fourth-order valence-corrected chi connectivity index (χ4v) is 4.03. The van der Waals surface area contributed by atoms with Gasteiger partial charge in [-0.05, 0) is 84.9 Å². The first kappa shape index (κ1) is 25.7. The normalized spacial score (nSPS) is 10.4. The van der Waals surface area contributed by atoms with Crippen molar-refractivity contribution in [2.75, 3.05) is 21.3 Å². The Balaban J connectivity index is 1.17. The SMILES string of the molecule is O=[N+]([O-])c1ccccc1Nc1ccc(Nc2ccc(Nc3ccc(Nc4ccccc4[N+](=O)[O-])cc3)cc2)cc1. The Kier molecular flexibility index (Phi) is 7.50. The molecule has 10 heteroatoms. The van der Waals surface area contributed by atoms with Crippen LogP contribution in [0.5, 0.6) is 0 Å². The first-order chi connectivity index (χ1) is 19.4. The molecule has 5 aromatic rings. The molecule has 10 nitrogen and oxygen atoms in total. The zero-order valence-electron chi connectivity index (χ0n) is 21.1. The molecular weight excluding hydrogens is 508 g/mol. The van der Waals surface area contributed by atoms with E-state index in [1.54, 1.807) is 36.4 Å². The van der Waals surface area contributed by atoms with Gasteiger partial charge in [-0.15, -0.1) is 0 Å². The first-order valence-electron chi connectivity index (χ1n) is 12.3. The Labute approximate surface area is 229 Å².